The lowest BCUT2D eigenvalue weighted by atomic mass is 10.1. The molecule has 17 heavy (non-hydrogen) atoms. The van der Waals surface area contributed by atoms with Gasteiger partial charge in [0.05, 0.1) is 0 Å². The van der Waals surface area contributed by atoms with Crippen molar-refractivity contribution in [1.29, 1.82) is 0 Å². The maximum absolute atomic E-state index is 12.1. The van der Waals surface area contributed by atoms with Gasteiger partial charge in [0.1, 0.15) is 0 Å². The topological polar surface area (TPSA) is 59.2 Å². The number of hydrogen-bond donors (Lipinski definition) is 1. The molecule has 0 aliphatic rings. The van der Waals surface area contributed by atoms with Gasteiger partial charge in [0, 0.05) is 37.4 Å². The second-order valence-electron chi connectivity index (χ2n) is 4.56. The Hall–Kier alpha value is -1.42. The van der Waals surface area contributed by atoms with Gasteiger partial charge < -0.3 is 10.6 Å². The molecule has 1 rings (SSSR count). The van der Waals surface area contributed by atoms with Crippen molar-refractivity contribution in [3.05, 3.63) is 30.1 Å². The van der Waals surface area contributed by atoms with Gasteiger partial charge in [-0.25, -0.2) is 0 Å². The quantitative estimate of drug-likeness (QED) is 0.839. The number of rotatable bonds is 5. The van der Waals surface area contributed by atoms with E-state index in [1.807, 2.05) is 37.8 Å². The molecule has 0 bridgehead atoms. The lowest BCUT2D eigenvalue weighted by Gasteiger charge is -2.29. The summed E-state index contributed by atoms with van der Waals surface area (Å²) in [4.78, 5) is 18.0. The van der Waals surface area contributed by atoms with Crippen LogP contribution in [0.15, 0.2) is 24.5 Å². The molecule has 1 unspecified atom stereocenters. The van der Waals surface area contributed by atoms with Crippen LogP contribution in [0.3, 0.4) is 0 Å². The molecule has 1 amide bonds. The van der Waals surface area contributed by atoms with Crippen LogP contribution < -0.4 is 5.73 Å². The van der Waals surface area contributed by atoms with Gasteiger partial charge in [-0.1, -0.05) is 13.0 Å². The summed E-state index contributed by atoms with van der Waals surface area (Å²) < 4.78 is 0. The number of amides is 1. The molecule has 4 nitrogen and oxygen atoms in total. The number of carbonyl (C=O) groups is 1. The molecular weight excluding hydrogens is 214 g/mol. The summed E-state index contributed by atoms with van der Waals surface area (Å²) in [6.07, 6.45) is 3.52. The summed E-state index contributed by atoms with van der Waals surface area (Å²) in [7, 11) is 0. The number of hydrogen-bond acceptors (Lipinski definition) is 3. The van der Waals surface area contributed by atoms with Crippen molar-refractivity contribution in [1.82, 2.24) is 9.88 Å². The Balaban J connectivity index is 2.77. The summed E-state index contributed by atoms with van der Waals surface area (Å²) in [5, 5.41) is 0. The number of nitrogens with zero attached hydrogens (tertiary/aromatic N) is 2. The molecule has 1 atom stereocenters. The Bertz CT molecular complexity index is 351. The van der Waals surface area contributed by atoms with E-state index in [1.165, 1.54) is 0 Å². The summed E-state index contributed by atoms with van der Waals surface area (Å²) in [6.45, 7) is 6.86. The molecule has 0 fully saturated rings. The van der Waals surface area contributed by atoms with Crippen molar-refractivity contribution in [2.75, 3.05) is 6.54 Å². The predicted octanol–water partition coefficient (Wildman–Crippen LogP) is 1.41. The van der Waals surface area contributed by atoms with Gasteiger partial charge in [0.2, 0.25) is 5.91 Å². The van der Waals surface area contributed by atoms with E-state index in [4.69, 9.17) is 5.73 Å². The monoisotopic (exact) mass is 235 g/mol. The van der Waals surface area contributed by atoms with E-state index in [2.05, 4.69) is 4.98 Å². The van der Waals surface area contributed by atoms with Crippen molar-refractivity contribution in [2.45, 2.75) is 33.4 Å². The van der Waals surface area contributed by atoms with Crippen LogP contribution in [0, 0.1) is 5.92 Å². The Kier molecular flexibility index (Phi) is 5.10. The molecule has 0 saturated carbocycles. The Morgan fingerprint density at radius 1 is 1.47 bits per heavy atom. The molecule has 0 aromatic carbocycles. The maximum atomic E-state index is 12.1. The Labute approximate surface area is 103 Å². The van der Waals surface area contributed by atoms with E-state index in [9.17, 15) is 4.79 Å². The van der Waals surface area contributed by atoms with E-state index >= 15 is 0 Å². The first-order valence-corrected chi connectivity index (χ1v) is 5.95. The van der Waals surface area contributed by atoms with E-state index in [0.29, 0.717) is 13.1 Å². The first-order valence-electron chi connectivity index (χ1n) is 5.95. The fourth-order valence-corrected chi connectivity index (χ4v) is 1.59. The number of nitrogens with two attached hydrogens (primary N) is 1. The normalized spacial score (nSPS) is 12.5. The smallest absolute Gasteiger partial charge is 0.227 e. The molecule has 0 saturated heterocycles. The molecule has 1 aromatic rings. The highest BCUT2D eigenvalue weighted by Gasteiger charge is 2.21. The Morgan fingerprint density at radius 3 is 2.65 bits per heavy atom. The SMILES string of the molecule is CC(CN)C(=O)N(Cc1cccnc1)C(C)C. The molecule has 0 aliphatic carbocycles. The van der Waals surface area contributed by atoms with Gasteiger partial charge in [-0.15, -0.1) is 0 Å². The van der Waals surface area contributed by atoms with Crippen LogP contribution in [0.25, 0.3) is 0 Å². The zero-order valence-corrected chi connectivity index (χ0v) is 10.8. The van der Waals surface area contributed by atoms with Gasteiger partial charge >= 0.3 is 0 Å². The number of carbonyl (C=O) groups excluding carboxylic acids is 1. The average molecular weight is 235 g/mol. The maximum Gasteiger partial charge on any atom is 0.227 e. The highest BCUT2D eigenvalue weighted by atomic mass is 16.2. The lowest BCUT2D eigenvalue weighted by molar-refractivity contribution is -0.137. The second kappa shape index (κ2) is 6.35. The summed E-state index contributed by atoms with van der Waals surface area (Å²) in [5.41, 5.74) is 6.58. The summed E-state index contributed by atoms with van der Waals surface area (Å²) in [5.74, 6) is -0.0274. The first kappa shape index (κ1) is 13.6. The Morgan fingerprint density at radius 2 is 2.18 bits per heavy atom. The van der Waals surface area contributed by atoms with Crippen LogP contribution in [0.4, 0.5) is 0 Å². The highest BCUT2D eigenvalue weighted by Crippen LogP contribution is 2.11. The van der Waals surface area contributed by atoms with E-state index < -0.39 is 0 Å². The molecule has 0 radical (unpaired) electrons. The van der Waals surface area contributed by atoms with E-state index in [1.54, 1.807) is 12.4 Å². The fraction of sp³-hybridized carbons (Fsp3) is 0.538. The zero-order chi connectivity index (χ0) is 12.8. The molecule has 94 valence electrons. The summed E-state index contributed by atoms with van der Waals surface area (Å²) >= 11 is 0. The standard InChI is InChI=1S/C13H21N3O/c1-10(2)16(13(17)11(3)7-14)9-12-5-4-6-15-8-12/h4-6,8,10-11H,7,9,14H2,1-3H3. The van der Waals surface area contributed by atoms with Crippen LogP contribution in [0.1, 0.15) is 26.3 Å². The second-order valence-corrected chi connectivity index (χ2v) is 4.56. The van der Waals surface area contributed by atoms with Gasteiger partial charge in [0.25, 0.3) is 0 Å². The third-order valence-electron chi connectivity index (χ3n) is 2.76. The predicted molar refractivity (Wildman–Crippen MR) is 68.1 cm³/mol. The minimum atomic E-state index is -0.130. The average Bonchev–Trinajstić information content (AvgIpc) is 2.35. The van der Waals surface area contributed by atoms with Crippen molar-refractivity contribution in [2.24, 2.45) is 11.7 Å². The minimum absolute atomic E-state index is 0.103. The van der Waals surface area contributed by atoms with Gasteiger partial charge in [-0.2, -0.15) is 0 Å². The van der Waals surface area contributed by atoms with E-state index in [-0.39, 0.29) is 17.9 Å². The molecule has 2 N–H and O–H groups in total. The van der Waals surface area contributed by atoms with Crippen molar-refractivity contribution in [3.63, 3.8) is 0 Å². The number of pyridine rings is 1. The van der Waals surface area contributed by atoms with Gasteiger partial charge in [-0.05, 0) is 25.5 Å². The molecule has 1 aromatic heterocycles. The molecular formula is C13H21N3O. The van der Waals surface area contributed by atoms with Crippen LogP contribution in [-0.4, -0.2) is 28.4 Å². The van der Waals surface area contributed by atoms with Crippen molar-refractivity contribution >= 4 is 5.91 Å². The number of aromatic nitrogens is 1. The third kappa shape index (κ3) is 3.82. The van der Waals surface area contributed by atoms with Crippen LogP contribution in [-0.2, 0) is 11.3 Å². The summed E-state index contributed by atoms with van der Waals surface area (Å²) in [6, 6.07) is 4.02. The van der Waals surface area contributed by atoms with Crippen molar-refractivity contribution in [3.8, 4) is 0 Å². The van der Waals surface area contributed by atoms with Crippen LogP contribution >= 0.6 is 0 Å². The third-order valence-corrected chi connectivity index (χ3v) is 2.76. The first-order chi connectivity index (χ1) is 8.06. The fourth-order valence-electron chi connectivity index (χ4n) is 1.59. The molecule has 1 heterocycles. The van der Waals surface area contributed by atoms with Gasteiger partial charge in [0.15, 0.2) is 0 Å². The van der Waals surface area contributed by atoms with Crippen LogP contribution in [0.2, 0.25) is 0 Å². The van der Waals surface area contributed by atoms with Crippen LogP contribution in [0.5, 0.6) is 0 Å². The zero-order valence-electron chi connectivity index (χ0n) is 10.8. The van der Waals surface area contributed by atoms with E-state index in [0.717, 1.165) is 5.56 Å². The van der Waals surface area contributed by atoms with Gasteiger partial charge in [-0.3, -0.25) is 9.78 Å². The lowest BCUT2D eigenvalue weighted by Crippen LogP contribution is -2.41. The van der Waals surface area contributed by atoms with Crippen molar-refractivity contribution < 1.29 is 4.79 Å². The minimum Gasteiger partial charge on any atom is -0.336 e. The molecule has 4 heteroatoms. The highest BCUT2D eigenvalue weighted by molar-refractivity contribution is 5.79. The largest absolute Gasteiger partial charge is 0.336 e. The molecule has 0 spiro atoms. The molecule has 0 aliphatic heterocycles.